The molecule has 0 saturated heterocycles. The molecule has 0 aliphatic rings. The summed E-state index contributed by atoms with van der Waals surface area (Å²) in [6.45, 7) is 2.84. The van der Waals surface area contributed by atoms with E-state index in [2.05, 4.69) is 43.3 Å². The van der Waals surface area contributed by atoms with Gasteiger partial charge in [0.25, 0.3) is 0 Å². The predicted molar refractivity (Wildman–Crippen MR) is 132 cm³/mol. The van der Waals surface area contributed by atoms with Crippen molar-refractivity contribution in [1.29, 1.82) is 0 Å². The molecular weight excluding hydrogens is 412 g/mol. The Morgan fingerprint density at radius 1 is 0.939 bits per heavy atom. The average Bonchev–Trinajstić information content (AvgIpc) is 3.29. The van der Waals surface area contributed by atoms with Gasteiger partial charge in [-0.05, 0) is 53.6 Å². The van der Waals surface area contributed by atoms with E-state index >= 15 is 0 Å². The first-order chi connectivity index (χ1) is 16.2. The van der Waals surface area contributed by atoms with Crippen molar-refractivity contribution in [3.8, 4) is 16.9 Å². The highest BCUT2D eigenvalue weighted by Crippen LogP contribution is 2.34. The van der Waals surface area contributed by atoms with Crippen LogP contribution in [0.4, 0.5) is 0 Å². The minimum absolute atomic E-state index is 0.240. The van der Waals surface area contributed by atoms with Crippen molar-refractivity contribution in [2.24, 2.45) is 0 Å². The lowest BCUT2D eigenvalue weighted by molar-refractivity contribution is -0.139. The van der Waals surface area contributed by atoms with Crippen molar-refractivity contribution < 1.29 is 18.7 Å². The lowest BCUT2D eigenvalue weighted by Gasteiger charge is -2.11. The Morgan fingerprint density at radius 2 is 1.73 bits per heavy atom. The molecule has 4 aromatic rings. The SMILES string of the molecule is CCCc1c(CCCOc2ccc(CC(=O)OC)cc2)ccc2c(-c3ccccc3)coc12. The van der Waals surface area contributed by atoms with E-state index in [0.29, 0.717) is 6.61 Å². The molecule has 4 heteroatoms. The molecule has 0 aliphatic heterocycles. The maximum absolute atomic E-state index is 11.4. The Balaban J connectivity index is 1.41. The zero-order chi connectivity index (χ0) is 23.0. The molecule has 0 atom stereocenters. The summed E-state index contributed by atoms with van der Waals surface area (Å²) in [4.78, 5) is 11.4. The average molecular weight is 443 g/mol. The second kappa shape index (κ2) is 10.9. The molecule has 1 aromatic heterocycles. The van der Waals surface area contributed by atoms with Gasteiger partial charge in [-0.1, -0.05) is 67.9 Å². The van der Waals surface area contributed by atoms with Crippen molar-refractivity contribution in [2.75, 3.05) is 13.7 Å². The number of furan rings is 1. The fourth-order valence-corrected chi connectivity index (χ4v) is 4.19. The van der Waals surface area contributed by atoms with Gasteiger partial charge in [-0.25, -0.2) is 0 Å². The predicted octanol–water partition coefficient (Wildman–Crippen LogP) is 6.78. The number of esters is 1. The molecule has 170 valence electrons. The lowest BCUT2D eigenvalue weighted by atomic mass is 9.95. The molecule has 0 saturated carbocycles. The van der Waals surface area contributed by atoms with Crippen LogP contribution in [0.5, 0.6) is 5.75 Å². The van der Waals surface area contributed by atoms with E-state index in [0.717, 1.165) is 48.1 Å². The van der Waals surface area contributed by atoms with Gasteiger partial charge >= 0.3 is 5.97 Å². The fourth-order valence-electron chi connectivity index (χ4n) is 4.19. The topological polar surface area (TPSA) is 48.7 Å². The number of benzene rings is 3. The van der Waals surface area contributed by atoms with E-state index in [4.69, 9.17) is 13.9 Å². The normalized spacial score (nSPS) is 11.0. The number of ether oxygens (including phenoxy) is 2. The molecule has 0 aliphatic carbocycles. The Bertz CT molecular complexity index is 1190. The summed E-state index contributed by atoms with van der Waals surface area (Å²) in [5, 5.41) is 1.18. The molecule has 0 amide bonds. The number of fused-ring (bicyclic) bond motifs is 1. The van der Waals surface area contributed by atoms with Crippen molar-refractivity contribution in [3.63, 3.8) is 0 Å². The number of aryl methyl sites for hydroxylation is 2. The fraction of sp³-hybridized carbons (Fsp3) is 0.276. The van der Waals surface area contributed by atoms with Crippen LogP contribution in [-0.4, -0.2) is 19.7 Å². The Hall–Kier alpha value is -3.53. The smallest absolute Gasteiger partial charge is 0.309 e. The Morgan fingerprint density at radius 3 is 2.45 bits per heavy atom. The van der Waals surface area contributed by atoms with E-state index in [9.17, 15) is 4.79 Å². The quantitative estimate of drug-likeness (QED) is 0.201. The van der Waals surface area contributed by atoms with Crippen LogP contribution in [0.25, 0.3) is 22.1 Å². The minimum Gasteiger partial charge on any atom is -0.494 e. The Labute approximate surface area is 195 Å². The van der Waals surface area contributed by atoms with Crippen molar-refractivity contribution in [2.45, 2.75) is 39.0 Å². The third kappa shape index (κ3) is 5.46. The van der Waals surface area contributed by atoms with E-state index in [1.165, 1.54) is 29.2 Å². The summed E-state index contributed by atoms with van der Waals surface area (Å²) in [5.41, 5.74) is 6.89. The van der Waals surface area contributed by atoms with Gasteiger partial charge in [0, 0.05) is 10.9 Å². The van der Waals surface area contributed by atoms with Crippen molar-refractivity contribution >= 4 is 16.9 Å². The molecule has 0 bridgehead atoms. The zero-order valence-electron chi connectivity index (χ0n) is 19.3. The largest absolute Gasteiger partial charge is 0.494 e. The van der Waals surface area contributed by atoms with Gasteiger partial charge in [-0.15, -0.1) is 0 Å². The third-order valence-corrected chi connectivity index (χ3v) is 5.89. The number of methoxy groups -OCH3 is 1. The summed E-state index contributed by atoms with van der Waals surface area (Å²) in [6, 6.07) is 22.4. The van der Waals surface area contributed by atoms with Crippen LogP contribution >= 0.6 is 0 Å². The van der Waals surface area contributed by atoms with E-state index in [1.807, 2.05) is 36.6 Å². The first-order valence-electron chi connectivity index (χ1n) is 11.6. The highest BCUT2D eigenvalue weighted by Gasteiger charge is 2.14. The summed E-state index contributed by atoms with van der Waals surface area (Å²) in [5.74, 6) is 0.572. The van der Waals surface area contributed by atoms with Crippen LogP contribution in [0.3, 0.4) is 0 Å². The third-order valence-electron chi connectivity index (χ3n) is 5.89. The van der Waals surface area contributed by atoms with Gasteiger partial charge < -0.3 is 13.9 Å². The Kier molecular flexibility index (Phi) is 7.46. The van der Waals surface area contributed by atoms with Gasteiger partial charge in [0.15, 0.2) is 0 Å². The van der Waals surface area contributed by atoms with Gasteiger partial charge in [0.05, 0.1) is 26.4 Å². The van der Waals surface area contributed by atoms with E-state index < -0.39 is 0 Å². The first kappa shape index (κ1) is 22.7. The lowest BCUT2D eigenvalue weighted by Crippen LogP contribution is -2.04. The molecule has 4 nitrogen and oxygen atoms in total. The van der Waals surface area contributed by atoms with Crippen LogP contribution in [0.1, 0.15) is 36.5 Å². The van der Waals surface area contributed by atoms with E-state index in [1.54, 1.807) is 0 Å². The second-order valence-corrected chi connectivity index (χ2v) is 8.19. The zero-order valence-corrected chi connectivity index (χ0v) is 19.3. The summed E-state index contributed by atoms with van der Waals surface area (Å²) in [7, 11) is 1.40. The van der Waals surface area contributed by atoms with Gasteiger partial charge in [0.2, 0.25) is 0 Å². The molecule has 0 N–H and O–H groups in total. The summed E-state index contributed by atoms with van der Waals surface area (Å²) < 4.78 is 16.7. The number of carbonyl (C=O) groups excluding carboxylic acids is 1. The molecule has 3 aromatic carbocycles. The molecule has 0 fully saturated rings. The summed E-state index contributed by atoms with van der Waals surface area (Å²) in [6.07, 6.45) is 6.08. The number of hydrogen-bond donors (Lipinski definition) is 0. The minimum atomic E-state index is -0.240. The van der Waals surface area contributed by atoms with Crippen LogP contribution < -0.4 is 4.74 Å². The van der Waals surface area contributed by atoms with E-state index in [-0.39, 0.29) is 12.4 Å². The van der Waals surface area contributed by atoms with Gasteiger partial charge in [0.1, 0.15) is 11.3 Å². The molecule has 0 unspecified atom stereocenters. The number of carbonyl (C=O) groups is 1. The second-order valence-electron chi connectivity index (χ2n) is 8.19. The van der Waals surface area contributed by atoms with Crippen molar-refractivity contribution in [3.05, 3.63) is 89.7 Å². The summed E-state index contributed by atoms with van der Waals surface area (Å²) >= 11 is 0. The van der Waals surface area contributed by atoms with Crippen LogP contribution in [-0.2, 0) is 28.8 Å². The van der Waals surface area contributed by atoms with Gasteiger partial charge in [-0.3, -0.25) is 4.79 Å². The molecular formula is C29H30O4. The maximum atomic E-state index is 11.4. The first-order valence-corrected chi connectivity index (χ1v) is 11.6. The molecule has 0 radical (unpaired) electrons. The van der Waals surface area contributed by atoms with Gasteiger partial charge in [-0.2, -0.15) is 0 Å². The van der Waals surface area contributed by atoms with Crippen LogP contribution in [0.2, 0.25) is 0 Å². The maximum Gasteiger partial charge on any atom is 0.309 e. The van der Waals surface area contributed by atoms with Crippen LogP contribution in [0, 0.1) is 0 Å². The monoisotopic (exact) mass is 442 g/mol. The molecule has 4 rings (SSSR count). The highest BCUT2D eigenvalue weighted by molar-refractivity contribution is 5.96. The standard InChI is InChI=1S/C29H30O4/c1-3-8-25-23(11-7-18-32-24-15-12-21(13-16-24)19-28(30)31-2)14-17-26-27(20-33-29(25)26)22-9-5-4-6-10-22/h4-6,9-10,12-17,20H,3,7-8,11,18-19H2,1-2H3. The highest BCUT2D eigenvalue weighted by atomic mass is 16.5. The van der Waals surface area contributed by atoms with Crippen molar-refractivity contribution in [1.82, 2.24) is 0 Å². The molecule has 33 heavy (non-hydrogen) atoms. The molecule has 1 heterocycles. The molecule has 0 spiro atoms. The number of rotatable bonds is 10. The van der Waals surface area contributed by atoms with Crippen LogP contribution in [0.15, 0.2) is 77.4 Å². The number of hydrogen-bond acceptors (Lipinski definition) is 4.